The molecule has 0 saturated carbocycles. The minimum absolute atomic E-state index is 0.106. The number of furan rings is 1. The number of halogens is 1. The molecule has 2 aromatic rings. The molecule has 0 bridgehead atoms. The lowest BCUT2D eigenvalue weighted by Crippen LogP contribution is -2.26. The number of amides is 1. The molecule has 1 N–H and O–H groups in total. The van der Waals surface area contributed by atoms with Gasteiger partial charge in [0.05, 0.1) is 17.9 Å². The minimum Gasteiger partial charge on any atom is -0.469 e. The molecular formula is C14H14ClNO2. The van der Waals surface area contributed by atoms with Gasteiger partial charge >= 0.3 is 0 Å². The van der Waals surface area contributed by atoms with Gasteiger partial charge < -0.3 is 9.73 Å². The van der Waals surface area contributed by atoms with Crippen LogP contribution in [0.3, 0.4) is 0 Å². The van der Waals surface area contributed by atoms with Crippen LogP contribution in [0.15, 0.2) is 41.0 Å². The molecule has 1 aromatic carbocycles. The van der Waals surface area contributed by atoms with E-state index < -0.39 is 0 Å². The van der Waals surface area contributed by atoms with Crippen LogP contribution in [0.25, 0.3) is 0 Å². The normalized spacial score (nSPS) is 12.2. The summed E-state index contributed by atoms with van der Waals surface area (Å²) in [6.07, 6.45) is 1.51. The average Bonchev–Trinajstić information content (AvgIpc) is 2.75. The van der Waals surface area contributed by atoms with Crippen LogP contribution in [0.2, 0.25) is 5.02 Å². The van der Waals surface area contributed by atoms with E-state index in [1.807, 2.05) is 25.1 Å². The van der Waals surface area contributed by atoms with Crippen molar-refractivity contribution in [3.8, 4) is 0 Å². The highest BCUT2D eigenvalue weighted by molar-refractivity contribution is 6.30. The minimum atomic E-state index is -0.145. The largest absolute Gasteiger partial charge is 0.469 e. The quantitative estimate of drug-likeness (QED) is 0.917. The second kappa shape index (κ2) is 5.27. The zero-order valence-corrected chi connectivity index (χ0v) is 11.0. The first-order valence-corrected chi connectivity index (χ1v) is 6.06. The summed E-state index contributed by atoms with van der Waals surface area (Å²) >= 11 is 5.92. The van der Waals surface area contributed by atoms with Crippen molar-refractivity contribution in [3.63, 3.8) is 0 Å². The van der Waals surface area contributed by atoms with Gasteiger partial charge in [0.2, 0.25) is 0 Å². The Labute approximate surface area is 111 Å². The molecule has 1 unspecified atom stereocenters. The van der Waals surface area contributed by atoms with Gasteiger partial charge in [-0.25, -0.2) is 0 Å². The van der Waals surface area contributed by atoms with Crippen LogP contribution in [0.5, 0.6) is 0 Å². The fourth-order valence-electron chi connectivity index (χ4n) is 1.75. The van der Waals surface area contributed by atoms with Crippen molar-refractivity contribution in [1.29, 1.82) is 0 Å². The summed E-state index contributed by atoms with van der Waals surface area (Å²) in [5.74, 6) is 0.472. The van der Waals surface area contributed by atoms with Crippen molar-refractivity contribution in [2.75, 3.05) is 0 Å². The van der Waals surface area contributed by atoms with Gasteiger partial charge in [0.15, 0.2) is 0 Å². The highest BCUT2D eigenvalue weighted by Gasteiger charge is 2.14. The third-order valence-corrected chi connectivity index (χ3v) is 3.03. The molecule has 1 atom stereocenters. The van der Waals surface area contributed by atoms with Crippen LogP contribution in [0.4, 0.5) is 0 Å². The van der Waals surface area contributed by atoms with E-state index in [1.54, 1.807) is 19.1 Å². The van der Waals surface area contributed by atoms with Gasteiger partial charge in [-0.2, -0.15) is 0 Å². The molecule has 94 valence electrons. The summed E-state index contributed by atoms with van der Waals surface area (Å²) in [5.41, 5.74) is 1.53. The van der Waals surface area contributed by atoms with Crippen LogP contribution < -0.4 is 5.32 Å². The molecule has 2 rings (SSSR count). The third kappa shape index (κ3) is 2.74. The maximum absolute atomic E-state index is 12.0. The fourth-order valence-corrected chi connectivity index (χ4v) is 1.95. The Bertz CT molecular complexity index is 562. The Morgan fingerprint density at radius 1 is 1.39 bits per heavy atom. The number of benzene rings is 1. The van der Waals surface area contributed by atoms with Crippen molar-refractivity contribution in [2.24, 2.45) is 0 Å². The van der Waals surface area contributed by atoms with E-state index in [0.29, 0.717) is 16.3 Å². The van der Waals surface area contributed by atoms with Gasteiger partial charge in [0.1, 0.15) is 5.76 Å². The topological polar surface area (TPSA) is 42.2 Å². The molecule has 0 radical (unpaired) electrons. The van der Waals surface area contributed by atoms with Crippen molar-refractivity contribution in [3.05, 3.63) is 58.5 Å². The summed E-state index contributed by atoms with van der Waals surface area (Å²) < 4.78 is 5.11. The van der Waals surface area contributed by atoms with E-state index in [2.05, 4.69) is 5.32 Å². The summed E-state index contributed by atoms with van der Waals surface area (Å²) in [7, 11) is 0. The molecular weight excluding hydrogens is 250 g/mol. The van der Waals surface area contributed by atoms with Crippen LogP contribution >= 0.6 is 11.6 Å². The van der Waals surface area contributed by atoms with Gasteiger partial charge in [-0.15, -0.1) is 0 Å². The summed E-state index contributed by atoms with van der Waals surface area (Å²) in [4.78, 5) is 12.0. The standard InChI is InChI=1S/C14H14ClNO2/c1-9(11-4-3-5-12(15)8-11)16-14(17)13-6-7-18-10(13)2/h3-9H,1-2H3,(H,16,17). The first-order chi connectivity index (χ1) is 8.58. The third-order valence-electron chi connectivity index (χ3n) is 2.80. The van der Waals surface area contributed by atoms with E-state index in [0.717, 1.165) is 5.56 Å². The van der Waals surface area contributed by atoms with Gasteiger partial charge in [-0.1, -0.05) is 23.7 Å². The smallest absolute Gasteiger partial charge is 0.255 e. The molecule has 0 fully saturated rings. The molecule has 1 amide bonds. The molecule has 18 heavy (non-hydrogen) atoms. The molecule has 0 aliphatic heterocycles. The molecule has 3 nitrogen and oxygen atoms in total. The number of hydrogen-bond donors (Lipinski definition) is 1. The molecule has 0 aliphatic carbocycles. The molecule has 0 spiro atoms. The van der Waals surface area contributed by atoms with Crippen molar-refractivity contribution >= 4 is 17.5 Å². The first kappa shape index (κ1) is 12.7. The molecule has 0 aliphatic rings. The van der Waals surface area contributed by atoms with Crippen molar-refractivity contribution in [2.45, 2.75) is 19.9 Å². The zero-order valence-electron chi connectivity index (χ0n) is 10.2. The lowest BCUT2D eigenvalue weighted by atomic mass is 10.1. The zero-order chi connectivity index (χ0) is 13.1. The predicted molar refractivity (Wildman–Crippen MR) is 70.8 cm³/mol. The predicted octanol–water partition coefficient (Wildman–Crippen LogP) is 3.73. The number of nitrogens with one attached hydrogen (secondary N) is 1. The number of carbonyl (C=O) groups excluding carboxylic acids is 1. The Morgan fingerprint density at radius 3 is 2.78 bits per heavy atom. The number of aryl methyl sites for hydroxylation is 1. The van der Waals surface area contributed by atoms with E-state index >= 15 is 0 Å². The Kier molecular flexibility index (Phi) is 3.72. The maximum atomic E-state index is 12.0. The van der Waals surface area contributed by atoms with E-state index in [-0.39, 0.29) is 11.9 Å². The summed E-state index contributed by atoms with van der Waals surface area (Å²) in [6, 6.07) is 9.00. The number of hydrogen-bond acceptors (Lipinski definition) is 2. The first-order valence-electron chi connectivity index (χ1n) is 5.68. The van der Waals surface area contributed by atoms with Crippen LogP contribution in [-0.2, 0) is 0 Å². The van der Waals surface area contributed by atoms with Gasteiger partial charge in [-0.05, 0) is 37.6 Å². The average molecular weight is 264 g/mol. The fraction of sp³-hybridized carbons (Fsp3) is 0.214. The van der Waals surface area contributed by atoms with Crippen LogP contribution in [0, 0.1) is 6.92 Å². The highest BCUT2D eigenvalue weighted by atomic mass is 35.5. The Balaban J connectivity index is 2.10. The number of rotatable bonds is 3. The second-order valence-corrected chi connectivity index (χ2v) is 4.58. The van der Waals surface area contributed by atoms with Crippen molar-refractivity contribution < 1.29 is 9.21 Å². The molecule has 1 heterocycles. The SMILES string of the molecule is Cc1occc1C(=O)NC(C)c1cccc(Cl)c1. The van der Waals surface area contributed by atoms with Crippen LogP contribution in [0.1, 0.15) is 34.6 Å². The van der Waals surface area contributed by atoms with E-state index in [1.165, 1.54) is 6.26 Å². The molecule has 1 aromatic heterocycles. The Hall–Kier alpha value is -1.74. The monoisotopic (exact) mass is 263 g/mol. The molecule has 4 heteroatoms. The maximum Gasteiger partial charge on any atom is 0.255 e. The van der Waals surface area contributed by atoms with Crippen LogP contribution in [-0.4, -0.2) is 5.91 Å². The van der Waals surface area contributed by atoms with E-state index in [9.17, 15) is 4.79 Å². The molecule has 0 saturated heterocycles. The van der Waals surface area contributed by atoms with Gasteiger partial charge in [0, 0.05) is 5.02 Å². The summed E-state index contributed by atoms with van der Waals surface area (Å²) in [6.45, 7) is 3.68. The Morgan fingerprint density at radius 2 is 2.17 bits per heavy atom. The lowest BCUT2D eigenvalue weighted by molar-refractivity contribution is 0.0938. The highest BCUT2D eigenvalue weighted by Crippen LogP contribution is 2.18. The lowest BCUT2D eigenvalue weighted by Gasteiger charge is -2.14. The van der Waals surface area contributed by atoms with Gasteiger partial charge in [0.25, 0.3) is 5.91 Å². The van der Waals surface area contributed by atoms with Gasteiger partial charge in [-0.3, -0.25) is 4.79 Å². The van der Waals surface area contributed by atoms with E-state index in [4.69, 9.17) is 16.0 Å². The van der Waals surface area contributed by atoms with Crippen molar-refractivity contribution in [1.82, 2.24) is 5.32 Å². The second-order valence-electron chi connectivity index (χ2n) is 4.14. The summed E-state index contributed by atoms with van der Waals surface area (Å²) in [5, 5.41) is 3.57. The number of carbonyl (C=O) groups is 1.